The molecule has 0 amide bonds. The summed E-state index contributed by atoms with van der Waals surface area (Å²) in [6, 6.07) is 8.45. The van der Waals surface area contributed by atoms with Crippen molar-refractivity contribution >= 4 is 0 Å². The van der Waals surface area contributed by atoms with Crippen LogP contribution in [0.5, 0.6) is 5.75 Å². The Balaban J connectivity index is 1.17. The number of fused-ring (bicyclic) bond motifs is 1. The van der Waals surface area contributed by atoms with Crippen LogP contribution in [0.15, 0.2) is 24.3 Å². The van der Waals surface area contributed by atoms with Gasteiger partial charge in [0.05, 0.1) is 12.6 Å². The van der Waals surface area contributed by atoms with Gasteiger partial charge in [-0.1, -0.05) is 18.2 Å². The van der Waals surface area contributed by atoms with Crippen LogP contribution in [0.4, 0.5) is 0 Å². The summed E-state index contributed by atoms with van der Waals surface area (Å²) in [5, 5.41) is 12.3. The number of hydrogen-bond acceptors (Lipinski definition) is 6. The molecule has 4 heterocycles. The molecule has 1 atom stereocenters. The number of aromatic nitrogens is 3. The van der Waals surface area contributed by atoms with Crippen LogP contribution in [0.25, 0.3) is 0 Å². The van der Waals surface area contributed by atoms with E-state index in [1.807, 2.05) is 0 Å². The molecule has 3 aliphatic heterocycles. The van der Waals surface area contributed by atoms with E-state index in [-0.39, 0.29) is 6.10 Å². The van der Waals surface area contributed by atoms with Crippen molar-refractivity contribution < 1.29 is 9.47 Å². The molecule has 0 saturated carbocycles. The lowest BCUT2D eigenvalue weighted by Gasteiger charge is -2.32. The highest BCUT2D eigenvalue weighted by molar-refractivity contribution is 5.33. The van der Waals surface area contributed by atoms with Gasteiger partial charge in [0.15, 0.2) is 0 Å². The lowest BCUT2D eigenvalue weighted by molar-refractivity contribution is 0.0672. The molecule has 5 rings (SSSR count). The standard InChI is InChI=1S/C22H31N5O2/c1-2-6-20(29-16-19-5-3-13-28-19)18(4-1)15-26-10-7-17(8-11-26)22-25-24-21-14-23-9-12-27(21)22/h1-2,4,6,17,19,23H,3,5,7-16H2/t19-/m0/s1. The second-order valence-electron chi connectivity index (χ2n) is 8.41. The topological polar surface area (TPSA) is 64.4 Å². The zero-order valence-electron chi connectivity index (χ0n) is 17.1. The van der Waals surface area contributed by atoms with Crippen LogP contribution >= 0.6 is 0 Å². The average molecular weight is 398 g/mol. The minimum Gasteiger partial charge on any atom is -0.491 e. The Labute approximate surface area is 172 Å². The van der Waals surface area contributed by atoms with Gasteiger partial charge in [-0.25, -0.2) is 0 Å². The molecule has 2 saturated heterocycles. The monoisotopic (exact) mass is 397 g/mol. The van der Waals surface area contributed by atoms with Crippen molar-refractivity contribution in [1.82, 2.24) is 25.0 Å². The maximum absolute atomic E-state index is 6.13. The third kappa shape index (κ3) is 4.32. The fraction of sp³-hybridized carbons (Fsp3) is 0.636. The highest BCUT2D eigenvalue weighted by Crippen LogP contribution is 2.30. The number of benzene rings is 1. The van der Waals surface area contributed by atoms with Gasteiger partial charge in [0.1, 0.15) is 24.0 Å². The SMILES string of the molecule is c1ccc(OC[C@@H]2CCCO2)c(CN2CCC(c3nnc4n3CCNC4)CC2)c1. The summed E-state index contributed by atoms with van der Waals surface area (Å²) in [5.41, 5.74) is 1.27. The summed E-state index contributed by atoms with van der Waals surface area (Å²) in [6.45, 7) is 7.50. The molecule has 7 nitrogen and oxygen atoms in total. The van der Waals surface area contributed by atoms with Crippen LogP contribution < -0.4 is 10.1 Å². The first-order chi connectivity index (χ1) is 14.4. The second kappa shape index (κ2) is 8.81. The number of nitrogens with one attached hydrogen (secondary N) is 1. The molecule has 2 fully saturated rings. The summed E-state index contributed by atoms with van der Waals surface area (Å²) >= 11 is 0. The molecule has 1 aromatic carbocycles. The molecule has 0 spiro atoms. The number of piperidine rings is 1. The summed E-state index contributed by atoms with van der Waals surface area (Å²) in [6.07, 6.45) is 4.80. The van der Waals surface area contributed by atoms with E-state index in [9.17, 15) is 0 Å². The number of rotatable bonds is 6. The van der Waals surface area contributed by atoms with Gasteiger partial charge in [0, 0.05) is 37.7 Å². The molecule has 29 heavy (non-hydrogen) atoms. The van der Waals surface area contributed by atoms with Crippen molar-refractivity contribution in [3.63, 3.8) is 0 Å². The highest BCUT2D eigenvalue weighted by atomic mass is 16.5. The number of hydrogen-bond donors (Lipinski definition) is 1. The smallest absolute Gasteiger partial charge is 0.147 e. The van der Waals surface area contributed by atoms with Crippen molar-refractivity contribution in [2.24, 2.45) is 0 Å². The van der Waals surface area contributed by atoms with Gasteiger partial charge in [-0.3, -0.25) is 4.90 Å². The largest absolute Gasteiger partial charge is 0.491 e. The Hall–Kier alpha value is -1.96. The maximum Gasteiger partial charge on any atom is 0.147 e. The third-order valence-corrected chi connectivity index (χ3v) is 6.42. The van der Waals surface area contributed by atoms with E-state index in [2.05, 4.69) is 49.2 Å². The van der Waals surface area contributed by atoms with Gasteiger partial charge >= 0.3 is 0 Å². The Kier molecular flexibility index (Phi) is 5.78. The molecule has 0 unspecified atom stereocenters. The van der Waals surface area contributed by atoms with E-state index in [0.717, 1.165) is 83.1 Å². The summed E-state index contributed by atoms with van der Waals surface area (Å²) in [7, 11) is 0. The number of ether oxygens (including phenoxy) is 2. The molecule has 0 radical (unpaired) electrons. The average Bonchev–Trinajstić information content (AvgIpc) is 3.44. The van der Waals surface area contributed by atoms with Gasteiger partial charge in [-0.05, 0) is 44.8 Å². The van der Waals surface area contributed by atoms with Gasteiger partial charge < -0.3 is 19.4 Å². The Morgan fingerprint density at radius 1 is 1.10 bits per heavy atom. The van der Waals surface area contributed by atoms with Gasteiger partial charge in [0.25, 0.3) is 0 Å². The minimum absolute atomic E-state index is 0.253. The molecule has 1 N–H and O–H groups in total. The van der Waals surface area contributed by atoms with Crippen molar-refractivity contribution in [2.75, 3.05) is 32.8 Å². The lowest BCUT2D eigenvalue weighted by Crippen LogP contribution is -2.35. The molecule has 3 aliphatic rings. The Morgan fingerprint density at radius 2 is 2.00 bits per heavy atom. The van der Waals surface area contributed by atoms with Crippen molar-refractivity contribution in [1.29, 1.82) is 0 Å². The quantitative estimate of drug-likeness (QED) is 0.807. The number of para-hydroxylation sites is 1. The number of likely N-dealkylation sites (tertiary alicyclic amines) is 1. The third-order valence-electron chi connectivity index (χ3n) is 6.42. The molecule has 7 heteroatoms. The molecular weight excluding hydrogens is 366 g/mol. The van der Waals surface area contributed by atoms with E-state index < -0.39 is 0 Å². The van der Waals surface area contributed by atoms with Crippen molar-refractivity contribution in [3.05, 3.63) is 41.5 Å². The molecule has 2 aromatic rings. The van der Waals surface area contributed by atoms with Crippen molar-refractivity contribution in [3.8, 4) is 5.75 Å². The second-order valence-corrected chi connectivity index (χ2v) is 8.41. The maximum atomic E-state index is 6.13. The summed E-state index contributed by atoms with van der Waals surface area (Å²) in [4.78, 5) is 2.54. The molecule has 156 valence electrons. The van der Waals surface area contributed by atoms with Crippen LogP contribution in [-0.2, 0) is 24.4 Å². The van der Waals surface area contributed by atoms with Crippen LogP contribution in [0.1, 0.15) is 48.8 Å². The van der Waals surface area contributed by atoms with E-state index in [0.29, 0.717) is 12.5 Å². The minimum atomic E-state index is 0.253. The van der Waals surface area contributed by atoms with E-state index >= 15 is 0 Å². The fourth-order valence-corrected chi connectivity index (χ4v) is 4.74. The van der Waals surface area contributed by atoms with E-state index in [1.54, 1.807) is 0 Å². The first-order valence-corrected chi connectivity index (χ1v) is 11.0. The number of nitrogens with zero attached hydrogens (tertiary/aromatic N) is 4. The predicted octanol–water partition coefficient (Wildman–Crippen LogP) is 2.32. The summed E-state index contributed by atoms with van der Waals surface area (Å²) < 4.78 is 14.2. The normalized spacial score (nSPS) is 23.2. The molecular formula is C22H31N5O2. The zero-order chi connectivity index (χ0) is 19.5. The predicted molar refractivity (Wildman–Crippen MR) is 110 cm³/mol. The van der Waals surface area contributed by atoms with Crippen LogP contribution in [-0.4, -0.2) is 58.6 Å². The molecule has 0 bridgehead atoms. The molecule has 0 aliphatic carbocycles. The van der Waals surface area contributed by atoms with E-state index in [4.69, 9.17) is 9.47 Å². The van der Waals surface area contributed by atoms with Gasteiger partial charge in [-0.2, -0.15) is 0 Å². The first kappa shape index (κ1) is 19.0. The van der Waals surface area contributed by atoms with Crippen molar-refractivity contribution in [2.45, 2.75) is 57.3 Å². The van der Waals surface area contributed by atoms with Gasteiger partial charge in [-0.15, -0.1) is 10.2 Å². The Bertz CT molecular complexity index is 809. The first-order valence-electron chi connectivity index (χ1n) is 11.0. The van der Waals surface area contributed by atoms with E-state index in [1.165, 1.54) is 11.4 Å². The highest BCUT2D eigenvalue weighted by Gasteiger charge is 2.27. The summed E-state index contributed by atoms with van der Waals surface area (Å²) in [5.74, 6) is 3.81. The fourth-order valence-electron chi connectivity index (χ4n) is 4.74. The lowest BCUT2D eigenvalue weighted by atomic mass is 9.95. The Morgan fingerprint density at radius 3 is 2.86 bits per heavy atom. The van der Waals surface area contributed by atoms with Gasteiger partial charge in [0.2, 0.25) is 0 Å². The van der Waals surface area contributed by atoms with Crippen LogP contribution in [0.2, 0.25) is 0 Å². The van der Waals surface area contributed by atoms with Crippen LogP contribution in [0.3, 0.4) is 0 Å². The zero-order valence-corrected chi connectivity index (χ0v) is 17.1. The van der Waals surface area contributed by atoms with Crippen LogP contribution in [0, 0.1) is 0 Å². The molecule has 1 aromatic heterocycles.